The molecular weight excluding hydrogens is 482 g/mol. The van der Waals surface area contributed by atoms with Gasteiger partial charge >= 0.3 is 6.18 Å². The number of nitrogens with one attached hydrogen (secondary N) is 1. The number of carbonyl (C=O) groups excluding carboxylic acids is 1. The van der Waals surface area contributed by atoms with E-state index >= 15 is 0 Å². The van der Waals surface area contributed by atoms with Gasteiger partial charge in [0.1, 0.15) is 24.1 Å². The molecule has 1 amide bonds. The first-order valence-corrected chi connectivity index (χ1v) is 10.6. The van der Waals surface area contributed by atoms with Gasteiger partial charge in [-0.25, -0.2) is 14.4 Å². The molecule has 192 valence electrons. The normalized spacial score (nSPS) is 19.4. The number of nitrogens with zero attached hydrogens (tertiary/aromatic N) is 4. The SMILES string of the molecule is [2H]CN(C[2H])C(=O)[C@@H]1C[C@H](Oc2cc3c(Nc4cc(C(F)(F)F)ccc4F)ncnc3cc2OC)CN1C[2H]. The van der Waals surface area contributed by atoms with Crippen LogP contribution in [0.1, 0.15) is 16.1 Å². The number of likely N-dealkylation sites (N-methyl/N-ethyl adjacent to an activating group) is 2. The lowest BCUT2D eigenvalue weighted by Gasteiger charge is -2.21. The Morgan fingerprint density at radius 2 is 2.03 bits per heavy atom. The van der Waals surface area contributed by atoms with Crippen molar-refractivity contribution in [2.24, 2.45) is 0 Å². The fourth-order valence-corrected chi connectivity index (χ4v) is 3.93. The van der Waals surface area contributed by atoms with Crippen LogP contribution in [0.2, 0.25) is 0 Å². The topological polar surface area (TPSA) is 79.8 Å². The maximum Gasteiger partial charge on any atom is 0.416 e. The maximum atomic E-state index is 14.4. The minimum absolute atomic E-state index is 0.0273. The highest BCUT2D eigenvalue weighted by Gasteiger charge is 2.37. The van der Waals surface area contributed by atoms with E-state index in [1.165, 1.54) is 25.6 Å². The van der Waals surface area contributed by atoms with Crippen LogP contribution in [0.5, 0.6) is 11.5 Å². The number of rotatable bonds is 6. The van der Waals surface area contributed by atoms with Crippen LogP contribution < -0.4 is 14.8 Å². The van der Waals surface area contributed by atoms with Gasteiger partial charge in [-0.2, -0.15) is 13.2 Å². The molecule has 1 fully saturated rings. The van der Waals surface area contributed by atoms with Crippen LogP contribution in [0.25, 0.3) is 10.9 Å². The fourth-order valence-electron chi connectivity index (χ4n) is 3.93. The van der Waals surface area contributed by atoms with Gasteiger partial charge in [-0.3, -0.25) is 9.69 Å². The summed E-state index contributed by atoms with van der Waals surface area (Å²) in [5.74, 6) is -0.825. The Balaban J connectivity index is 1.65. The number of amides is 1. The summed E-state index contributed by atoms with van der Waals surface area (Å²) >= 11 is 0. The Labute approximate surface area is 209 Å². The average Bonchev–Trinajstić information content (AvgIpc) is 3.32. The van der Waals surface area contributed by atoms with Gasteiger partial charge in [0.25, 0.3) is 0 Å². The second-order valence-corrected chi connectivity index (χ2v) is 8.20. The summed E-state index contributed by atoms with van der Waals surface area (Å²) in [7, 11) is 0.456. The molecule has 0 unspecified atom stereocenters. The van der Waals surface area contributed by atoms with Crippen LogP contribution in [0.15, 0.2) is 36.7 Å². The molecule has 0 radical (unpaired) electrons. The molecule has 1 saturated heterocycles. The smallest absolute Gasteiger partial charge is 0.416 e. The number of methoxy groups -OCH3 is 1. The molecule has 0 spiro atoms. The zero-order valence-corrected chi connectivity index (χ0v) is 19.2. The first-order valence-electron chi connectivity index (χ1n) is 12.8. The van der Waals surface area contributed by atoms with Crippen molar-refractivity contribution in [3.63, 3.8) is 0 Å². The number of fused-ring (bicyclic) bond motifs is 1. The number of aromatic nitrogens is 2. The second kappa shape index (κ2) is 9.76. The minimum atomic E-state index is -4.67. The average molecular weight is 511 g/mol. The zero-order chi connectivity index (χ0) is 28.3. The quantitative estimate of drug-likeness (QED) is 0.501. The number of alkyl halides is 3. The van der Waals surface area contributed by atoms with E-state index in [9.17, 15) is 22.4 Å². The molecule has 12 heteroatoms. The first kappa shape index (κ1) is 21.6. The van der Waals surface area contributed by atoms with Crippen LogP contribution in [0, 0.1) is 5.82 Å². The van der Waals surface area contributed by atoms with Gasteiger partial charge in [0.15, 0.2) is 11.5 Å². The Morgan fingerprint density at radius 1 is 1.22 bits per heavy atom. The summed E-state index contributed by atoms with van der Waals surface area (Å²) in [6.45, 7) is 0.219. The van der Waals surface area contributed by atoms with Crippen LogP contribution >= 0.6 is 0 Å². The van der Waals surface area contributed by atoms with Gasteiger partial charge in [-0.05, 0) is 31.3 Å². The number of hydrogen-bond acceptors (Lipinski definition) is 7. The summed E-state index contributed by atoms with van der Waals surface area (Å²) in [6.07, 6.45) is -3.87. The Hall–Kier alpha value is -3.67. The van der Waals surface area contributed by atoms with Gasteiger partial charge in [-0.15, -0.1) is 0 Å². The number of halogens is 4. The van der Waals surface area contributed by atoms with Crippen molar-refractivity contribution in [1.29, 1.82) is 0 Å². The highest BCUT2D eigenvalue weighted by molar-refractivity contribution is 5.93. The molecule has 0 saturated carbocycles. The number of anilines is 2. The summed E-state index contributed by atoms with van der Waals surface area (Å²) in [6, 6.07) is 4.29. The van der Waals surface area contributed by atoms with E-state index in [1.807, 2.05) is 0 Å². The Morgan fingerprint density at radius 3 is 2.72 bits per heavy atom. The van der Waals surface area contributed by atoms with Gasteiger partial charge in [0, 0.05) is 42.6 Å². The lowest BCUT2D eigenvalue weighted by atomic mass is 10.1. The van der Waals surface area contributed by atoms with Crippen LogP contribution in [-0.4, -0.2) is 72.5 Å². The standard InChI is InChI=1S/C24H25F4N5O3/c1-32(2)23(34)19-8-14(11-33(19)3)36-21-9-15-17(10-20(21)35-4)29-12-30-22(15)31-18-7-13(24(26,27)28)5-6-16(18)25/h5-7,9-10,12,14,19H,8,11H2,1-4H3,(H,29,30,31)/t14-,19-/m0/s1/i1D,2D,3D. The lowest BCUT2D eigenvalue weighted by molar-refractivity contribution is -0.137. The number of benzene rings is 2. The highest BCUT2D eigenvalue weighted by Crippen LogP contribution is 2.38. The van der Waals surface area contributed by atoms with Gasteiger partial charge in [-0.1, -0.05) is 0 Å². The monoisotopic (exact) mass is 510 g/mol. The van der Waals surface area contributed by atoms with Crippen molar-refractivity contribution in [1.82, 2.24) is 19.8 Å². The van der Waals surface area contributed by atoms with Crippen molar-refractivity contribution in [2.75, 3.05) is 40.0 Å². The van der Waals surface area contributed by atoms with Gasteiger partial charge in [0.2, 0.25) is 5.91 Å². The highest BCUT2D eigenvalue weighted by atomic mass is 19.4. The number of likely N-dealkylation sites (tertiary alicyclic amines) is 1. The molecule has 2 aromatic carbocycles. The zero-order valence-electron chi connectivity index (χ0n) is 22.2. The van der Waals surface area contributed by atoms with Crippen LogP contribution in [0.4, 0.5) is 29.1 Å². The van der Waals surface area contributed by atoms with E-state index in [0.29, 0.717) is 29.1 Å². The Bertz CT molecular complexity index is 1350. The number of ether oxygens (including phenoxy) is 2. The molecule has 1 aromatic heterocycles. The van der Waals surface area contributed by atoms with E-state index in [1.54, 1.807) is 4.90 Å². The third kappa shape index (κ3) is 5.13. The second-order valence-electron chi connectivity index (χ2n) is 8.20. The first-order chi connectivity index (χ1) is 18.6. The number of carbonyl (C=O) groups is 1. The van der Waals surface area contributed by atoms with E-state index in [2.05, 4.69) is 15.3 Å². The Kier molecular flexibility index (Phi) is 5.86. The summed E-state index contributed by atoms with van der Waals surface area (Å²) in [5.41, 5.74) is -1.12. The minimum Gasteiger partial charge on any atom is -0.493 e. The summed E-state index contributed by atoms with van der Waals surface area (Å²) in [5, 5.41) is 2.92. The molecular formula is C24H25F4N5O3. The third-order valence-corrected chi connectivity index (χ3v) is 5.72. The van der Waals surface area contributed by atoms with Crippen LogP contribution in [-0.2, 0) is 11.0 Å². The van der Waals surface area contributed by atoms with Gasteiger partial charge < -0.3 is 19.7 Å². The van der Waals surface area contributed by atoms with Crippen LogP contribution in [0.3, 0.4) is 0 Å². The summed E-state index contributed by atoms with van der Waals surface area (Å²) < 4.78 is 88.2. The van der Waals surface area contributed by atoms with Crippen molar-refractivity contribution >= 4 is 28.3 Å². The van der Waals surface area contributed by atoms with Crippen molar-refractivity contribution < 1.29 is 35.9 Å². The molecule has 0 aliphatic carbocycles. The summed E-state index contributed by atoms with van der Waals surface area (Å²) in [4.78, 5) is 23.6. The lowest BCUT2D eigenvalue weighted by Crippen LogP contribution is -2.40. The third-order valence-electron chi connectivity index (χ3n) is 5.72. The predicted molar refractivity (Wildman–Crippen MR) is 125 cm³/mol. The molecule has 3 aromatic rings. The molecule has 0 bridgehead atoms. The van der Waals surface area contributed by atoms with E-state index in [0.717, 1.165) is 4.90 Å². The van der Waals surface area contributed by atoms with Crippen molar-refractivity contribution in [2.45, 2.75) is 24.7 Å². The largest absolute Gasteiger partial charge is 0.493 e. The molecule has 8 nitrogen and oxygen atoms in total. The molecule has 1 N–H and O–H groups in total. The molecule has 4 rings (SSSR count). The molecule has 36 heavy (non-hydrogen) atoms. The number of hydrogen-bond donors (Lipinski definition) is 1. The van der Waals surface area contributed by atoms with E-state index in [4.69, 9.17) is 13.6 Å². The van der Waals surface area contributed by atoms with E-state index < -0.39 is 41.3 Å². The molecule has 2 atom stereocenters. The van der Waals surface area contributed by atoms with Gasteiger partial charge in [0.05, 0.1) is 29.9 Å². The fraction of sp³-hybridized carbons (Fsp3) is 0.375. The maximum absolute atomic E-state index is 14.4. The molecule has 1 aliphatic rings. The van der Waals surface area contributed by atoms with Crippen molar-refractivity contribution in [3.05, 3.63) is 48.0 Å². The van der Waals surface area contributed by atoms with Crippen molar-refractivity contribution in [3.8, 4) is 11.5 Å². The van der Waals surface area contributed by atoms with E-state index in [-0.39, 0.29) is 51.4 Å². The molecule has 1 aliphatic heterocycles. The predicted octanol–water partition coefficient (Wildman–Crippen LogP) is 4.08. The molecule has 2 heterocycles.